The van der Waals surface area contributed by atoms with Crippen LogP contribution in [0.2, 0.25) is 0 Å². The van der Waals surface area contributed by atoms with E-state index in [1.807, 2.05) is 0 Å². The third kappa shape index (κ3) is 6.89. The molecule has 0 aromatic carbocycles. The molecule has 1 amide bonds. The number of carbonyl (C=O) groups is 1. The molecule has 5 heteroatoms. The molecule has 1 aliphatic heterocycles. The standard InChI is InChI=1S/C14H30N4O/c1-3-5-13(2)16-14(19)12-18-8-4-7-17(9-6-15)10-11-18/h13H,3-12,15H2,1-2H3,(H,16,19). The second-order valence-corrected chi connectivity index (χ2v) is 5.52. The molecule has 0 spiro atoms. The van der Waals surface area contributed by atoms with Crippen molar-refractivity contribution in [3.8, 4) is 0 Å². The van der Waals surface area contributed by atoms with E-state index < -0.39 is 0 Å². The molecule has 1 saturated heterocycles. The molecule has 19 heavy (non-hydrogen) atoms. The predicted octanol–water partition coefficient (Wildman–Crippen LogP) is 0.258. The summed E-state index contributed by atoms with van der Waals surface area (Å²) in [5, 5.41) is 3.07. The minimum absolute atomic E-state index is 0.160. The van der Waals surface area contributed by atoms with Gasteiger partial charge in [0.15, 0.2) is 0 Å². The second-order valence-electron chi connectivity index (χ2n) is 5.52. The van der Waals surface area contributed by atoms with Crippen LogP contribution in [0.15, 0.2) is 0 Å². The molecule has 112 valence electrons. The van der Waals surface area contributed by atoms with E-state index in [9.17, 15) is 4.79 Å². The highest BCUT2D eigenvalue weighted by Gasteiger charge is 2.17. The van der Waals surface area contributed by atoms with Crippen LogP contribution < -0.4 is 11.1 Å². The maximum Gasteiger partial charge on any atom is 0.234 e. The summed E-state index contributed by atoms with van der Waals surface area (Å²) in [4.78, 5) is 16.6. The van der Waals surface area contributed by atoms with Gasteiger partial charge in [-0.3, -0.25) is 9.69 Å². The lowest BCUT2D eigenvalue weighted by molar-refractivity contribution is -0.122. The van der Waals surface area contributed by atoms with Crippen LogP contribution in [0.1, 0.15) is 33.1 Å². The van der Waals surface area contributed by atoms with Gasteiger partial charge in [-0.1, -0.05) is 13.3 Å². The molecule has 0 aromatic rings. The Morgan fingerprint density at radius 3 is 2.63 bits per heavy atom. The molecular weight excluding hydrogens is 240 g/mol. The smallest absolute Gasteiger partial charge is 0.234 e. The van der Waals surface area contributed by atoms with E-state index in [1.165, 1.54) is 0 Å². The first-order valence-corrected chi connectivity index (χ1v) is 7.59. The van der Waals surface area contributed by atoms with Crippen molar-refractivity contribution in [1.82, 2.24) is 15.1 Å². The Labute approximate surface area is 117 Å². The molecule has 1 heterocycles. The monoisotopic (exact) mass is 270 g/mol. The van der Waals surface area contributed by atoms with Crippen LogP contribution in [-0.4, -0.2) is 67.6 Å². The number of carbonyl (C=O) groups excluding carboxylic acids is 1. The van der Waals surface area contributed by atoms with Gasteiger partial charge in [0.2, 0.25) is 5.91 Å². The maximum atomic E-state index is 11.9. The zero-order valence-corrected chi connectivity index (χ0v) is 12.5. The number of hydrogen-bond acceptors (Lipinski definition) is 4. The molecule has 1 aliphatic rings. The molecule has 1 fully saturated rings. The molecule has 5 nitrogen and oxygen atoms in total. The average Bonchev–Trinajstić information content (AvgIpc) is 2.55. The number of amides is 1. The average molecular weight is 270 g/mol. The highest BCUT2D eigenvalue weighted by atomic mass is 16.2. The third-order valence-corrected chi connectivity index (χ3v) is 3.62. The Balaban J connectivity index is 2.26. The Morgan fingerprint density at radius 1 is 1.26 bits per heavy atom. The van der Waals surface area contributed by atoms with Gasteiger partial charge in [0.05, 0.1) is 6.54 Å². The molecule has 0 bridgehead atoms. The van der Waals surface area contributed by atoms with Crippen molar-refractivity contribution in [3.63, 3.8) is 0 Å². The lowest BCUT2D eigenvalue weighted by Gasteiger charge is -2.22. The van der Waals surface area contributed by atoms with Crippen LogP contribution in [-0.2, 0) is 4.79 Å². The van der Waals surface area contributed by atoms with E-state index in [-0.39, 0.29) is 5.91 Å². The SMILES string of the molecule is CCCC(C)NC(=O)CN1CCCN(CCN)CC1. The van der Waals surface area contributed by atoms with E-state index in [0.29, 0.717) is 12.6 Å². The summed E-state index contributed by atoms with van der Waals surface area (Å²) < 4.78 is 0. The van der Waals surface area contributed by atoms with Crippen LogP contribution in [0.3, 0.4) is 0 Å². The Morgan fingerprint density at radius 2 is 1.95 bits per heavy atom. The zero-order chi connectivity index (χ0) is 14.1. The van der Waals surface area contributed by atoms with Crippen molar-refractivity contribution in [3.05, 3.63) is 0 Å². The number of nitrogens with zero attached hydrogens (tertiary/aromatic N) is 2. The summed E-state index contributed by atoms with van der Waals surface area (Å²) in [6, 6.07) is 0.290. The maximum absolute atomic E-state index is 11.9. The summed E-state index contributed by atoms with van der Waals surface area (Å²) in [6.45, 7) is 10.5. The fourth-order valence-corrected chi connectivity index (χ4v) is 2.62. The van der Waals surface area contributed by atoms with Crippen molar-refractivity contribution in [1.29, 1.82) is 0 Å². The molecule has 0 radical (unpaired) electrons. The lowest BCUT2D eigenvalue weighted by atomic mass is 10.2. The number of nitrogens with two attached hydrogens (primary N) is 1. The van der Waals surface area contributed by atoms with E-state index in [2.05, 4.69) is 29.0 Å². The highest BCUT2D eigenvalue weighted by Crippen LogP contribution is 2.02. The van der Waals surface area contributed by atoms with Gasteiger partial charge in [0.1, 0.15) is 0 Å². The van der Waals surface area contributed by atoms with E-state index >= 15 is 0 Å². The van der Waals surface area contributed by atoms with Gasteiger partial charge in [0, 0.05) is 32.2 Å². The minimum Gasteiger partial charge on any atom is -0.353 e. The number of rotatable bonds is 7. The molecule has 0 aliphatic carbocycles. The largest absolute Gasteiger partial charge is 0.353 e. The lowest BCUT2D eigenvalue weighted by Crippen LogP contribution is -2.42. The normalized spacial score (nSPS) is 19.9. The van der Waals surface area contributed by atoms with Crippen molar-refractivity contribution >= 4 is 5.91 Å². The quantitative estimate of drug-likeness (QED) is 0.696. The van der Waals surface area contributed by atoms with Crippen molar-refractivity contribution in [2.45, 2.75) is 39.2 Å². The molecule has 3 N–H and O–H groups in total. The number of hydrogen-bond donors (Lipinski definition) is 2. The summed E-state index contributed by atoms with van der Waals surface area (Å²) >= 11 is 0. The van der Waals surface area contributed by atoms with Crippen LogP contribution in [0.4, 0.5) is 0 Å². The first kappa shape index (κ1) is 16.4. The van der Waals surface area contributed by atoms with Gasteiger partial charge in [-0.25, -0.2) is 0 Å². The molecule has 1 unspecified atom stereocenters. The summed E-state index contributed by atoms with van der Waals surface area (Å²) in [5.74, 6) is 0.160. The van der Waals surface area contributed by atoms with Crippen LogP contribution in [0.25, 0.3) is 0 Å². The van der Waals surface area contributed by atoms with Gasteiger partial charge >= 0.3 is 0 Å². The molecule has 0 saturated carbocycles. The second kappa shape index (κ2) is 9.28. The topological polar surface area (TPSA) is 61.6 Å². The number of nitrogens with one attached hydrogen (secondary N) is 1. The van der Waals surface area contributed by atoms with E-state index in [4.69, 9.17) is 5.73 Å². The summed E-state index contributed by atoms with van der Waals surface area (Å²) in [5.41, 5.74) is 5.59. The highest BCUT2D eigenvalue weighted by molar-refractivity contribution is 5.78. The van der Waals surface area contributed by atoms with Gasteiger partial charge in [-0.2, -0.15) is 0 Å². The molecule has 0 aromatic heterocycles. The zero-order valence-electron chi connectivity index (χ0n) is 12.5. The minimum atomic E-state index is 0.160. The summed E-state index contributed by atoms with van der Waals surface area (Å²) in [7, 11) is 0. The van der Waals surface area contributed by atoms with Gasteiger partial charge in [-0.15, -0.1) is 0 Å². The van der Waals surface area contributed by atoms with E-state index in [1.54, 1.807) is 0 Å². The third-order valence-electron chi connectivity index (χ3n) is 3.62. The first-order chi connectivity index (χ1) is 9.15. The van der Waals surface area contributed by atoms with Gasteiger partial charge in [0.25, 0.3) is 0 Å². The van der Waals surface area contributed by atoms with Gasteiger partial charge < -0.3 is 16.0 Å². The Kier molecular flexibility index (Phi) is 8.02. The fraction of sp³-hybridized carbons (Fsp3) is 0.929. The van der Waals surface area contributed by atoms with Crippen molar-refractivity contribution < 1.29 is 4.79 Å². The van der Waals surface area contributed by atoms with Crippen molar-refractivity contribution in [2.75, 3.05) is 45.8 Å². The Bertz CT molecular complexity index is 260. The molecular formula is C14H30N4O. The van der Waals surface area contributed by atoms with Crippen LogP contribution >= 0.6 is 0 Å². The van der Waals surface area contributed by atoms with Gasteiger partial charge in [-0.05, 0) is 32.9 Å². The van der Waals surface area contributed by atoms with Crippen molar-refractivity contribution in [2.24, 2.45) is 5.73 Å². The van der Waals surface area contributed by atoms with Crippen LogP contribution in [0.5, 0.6) is 0 Å². The van der Waals surface area contributed by atoms with Crippen LogP contribution in [0, 0.1) is 0 Å². The Hall–Kier alpha value is -0.650. The fourth-order valence-electron chi connectivity index (χ4n) is 2.62. The first-order valence-electron chi connectivity index (χ1n) is 7.59. The predicted molar refractivity (Wildman–Crippen MR) is 79.1 cm³/mol. The van der Waals surface area contributed by atoms with E-state index in [0.717, 1.165) is 58.5 Å². The molecule has 1 rings (SSSR count). The summed E-state index contributed by atoms with van der Waals surface area (Å²) in [6.07, 6.45) is 3.28. The molecule has 1 atom stereocenters.